The van der Waals surface area contributed by atoms with Crippen LogP contribution in [0.5, 0.6) is 0 Å². The zero-order valence-corrected chi connectivity index (χ0v) is 17.1. The van der Waals surface area contributed by atoms with Crippen molar-refractivity contribution in [3.63, 3.8) is 0 Å². The fourth-order valence-corrected chi connectivity index (χ4v) is 3.09. The first kappa shape index (κ1) is 20.2. The summed E-state index contributed by atoms with van der Waals surface area (Å²) in [6, 6.07) is 16.7. The normalized spacial score (nSPS) is 10.5. The summed E-state index contributed by atoms with van der Waals surface area (Å²) in [4.78, 5) is 35.2. The summed E-state index contributed by atoms with van der Waals surface area (Å²) in [6.45, 7) is 8.03. The molecule has 0 spiro atoms. The minimum absolute atomic E-state index is 0.0574. The smallest absolute Gasteiger partial charge is 0.274 e. The molecule has 6 nitrogen and oxygen atoms in total. The number of ketones is 1. The van der Waals surface area contributed by atoms with Gasteiger partial charge >= 0.3 is 0 Å². The molecule has 3 aromatic rings. The molecule has 1 heterocycles. The molecule has 0 unspecified atom stereocenters. The van der Waals surface area contributed by atoms with E-state index in [0.717, 1.165) is 11.3 Å². The molecule has 148 valence electrons. The third kappa shape index (κ3) is 4.85. The highest BCUT2D eigenvalue weighted by molar-refractivity contribution is 6.04. The van der Waals surface area contributed by atoms with Gasteiger partial charge in [-0.3, -0.25) is 9.59 Å². The van der Waals surface area contributed by atoms with Crippen molar-refractivity contribution in [3.05, 3.63) is 77.2 Å². The fraction of sp³-hybridized carbons (Fsp3) is 0.217. The standard InChI is InChI=1S/C23H24N4O2/c1-5-27(20-11-6-8-15(2)12-20)22-14-21(24-17(4)25-22)23(29)26-19-10-7-9-18(13-19)16(3)28/h6-14H,5H2,1-4H3,(H,26,29). The third-order valence-electron chi connectivity index (χ3n) is 4.49. The molecule has 0 aliphatic carbocycles. The maximum atomic E-state index is 12.8. The van der Waals surface area contributed by atoms with Crippen molar-refractivity contribution < 1.29 is 9.59 Å². The number of hydrogen-bond donors (Lipinski definition) is 1. The highest BCUT2D eigenvalue weighted by atomic mass is 16.2. The molecule has 0 saturated carbocycles. The Kier molecular flexibility index (Phi) is 6.02. The quantitative estimate of drug-likeness (QED) is 0.619. The lowest BCUT2D eigenvalue weighted by Gasteiger charge is -2.23. The number of carbonyl (C=O) groups excluding carboxylic acids is 2. The lowest BCUT2D eigenvalue weighted by atomic mass is 10.1. The van der Waals surface area contributed by atoms with Gasteiger partial charge in [-0.15, -0.1) is 0 Å². The maximum Gasteiger partial charge on any atom is 0.274 e. The minimum Gasteiger partial charge on any atom is -0.327 e. The molecule has 1 amide bonds. The SMILES string of the molecule is CCN(c1cccc(C)c1)c1cc(C(=O)Nc2cccc(C(C)=O)c2)nc(C)n1. The van der Waals surface area contributed by atoms with E-state index < -0.39 is 0 Å². The summed E-state index contributed by atoms with van der Waals surface area (Å²) in [7, 11) is 0. The molecular formula is C23H24N4O2. The zero-order chi connectivity index (χ0) is 21.0. The topological polar surface area (TPSA) is 75.2 Å². The van der Waals surface area contributed by atoms with Crippen LogP contribution in [0, 0.1) is 13.8 Å². The molecule has 2 aromatic carbocycles. The molecule has 0 fully saturated rings. The summed E-state index contributed by atoms with van der Waals surface area (Å²) in [6.07, 6.45) is 0. The summed E-state index contributed by atoms with van der Waals surface area (Å²) in [5, 5.41) is 2.81. The van der Waals surface area contributed by atoms with Gasteiger partial charge in [0.05, 0.1) is 0 Å². The summed E-state index contributed by atoms with van der Waals surface area (Å²) >= 11 is 0. The maximum absolute atomic E-state index is 12.8. The number of hydrogen-bond acceptors (Lipinski definition) is 5. The summed E-state index contributed by atoms with van der Waals surface area (Å²) in [5.41, 5.74) is 3.51. The predicted octanol–water partition coefficient (Wildman–Crippen LogP) is 4.71. The molecule has 6 heteroatoms. The monoisotopic (exact) mass is 388 g/mol. The van der Waals surface area contributed by atoms with Crippen LogP contribution in [0.4, 0.5) is 17.2 Å². The minimum atomic E-state index is -0.349. The number of aryl methyl sites for hydroxylation is 2. The number of aromatic nitrogens is 2. The van der Waals surface area contributed by atoms with Crippen LogP contribution in [0.1, 0.15) is 46.1 Å². The highest BCUT2D eigenvalue weighted by Crippen LogP contribution is 2.25. The number of benzene rings is 2. The van der Waals surface area contributed by atoms with Gasteiger partial charge in [-0.2, -0.15) is 0 Å². The van der Waals surface area contributed by atoms with E-state index in [9.17, 15) is 9.59 Å². The van der Waals surface area contributed by atoms with Gasteiger partial charge in [-0.05, 0) is 57.5 Å². The molecule has 29 heavy (non-hydrogen) atoms. The van der Waals surface area contributed by atoms with Crippen molar-refractivity contribution in [1.29, 1.82) is 0 Å². The van der Waals surface area contributed by atoms with Gasteiger partial charge in [0, 0.05) is 29.5 Å². The van der Waals surface area contributed by atoms with Crippen molar-refractivity contribution in [3.8, 4) is 0 Å². The molecule has 0 bridgehead atoms. The number of amides is 1. The van der Waals surface area contributed by atoms with Crippen molar-refractivity contribution in [2.24, 2.45) is 0 Å². The molecule has 0 atom stereocenters. The average molecular weight is 388 g/mol. The van der Waals surface area contributed by atoms with E-state index in [0.29, 0.717) is 29.4 Å². The average Bonchev–Trinajstić information content (AvgIpc) is 2.68. The van der Waals surface area contributed by atoms with Crippen molar-refractivity contribution in [2.45, 2.75) is 27.7 Å². The molecule has 0 aliphatic rings. The Morgan fingerprint density at radius 2 is 1.76 bits per heavy atom. The third-order valence-corrected chi connectivity index (χ3v) is 4.49. The lowest BCUT2D eigenvalue weighted by molar-refractivity contribution is 0.100. The second-order valence-electron chi connectivity index (χ2n) is 6.83. The molecule has 0 aliphatic heterocycles. The number of nitrogens with one attached hydrogen (secondary N) is 1. The number of carbonyl (C=O) groups is 2. The second kappa shape index (κ2) is 8.65. The Morgan fingerprint density at radius 1 is 1.00 bits per heavy atom. The van der Waals surface area contributed by atoms with Gasteiger partial charge in [0.2, 0.25) is 0 Å². The van der Waals surface area contributed by atoms with E-state index in [4.69, 9.17) is 0 Å². The van der Waals surface area contributed by atoms with Gasteiger partial charge in [0.15, 0.2) is 5.78 Å². The fourth-order valence-electron chi connectivity index (χ4n) is 3.09. The van der Waals surface area contributed by atoms with Crippen molar-refractivity contribution >= 4 is 28.9 Å². The second-order valence-corrected chi connectivity index (χ2v) is 6.83. The highest BCUT2D eigenvalue weighted by Gasteiger charge is 2.16. The molecular weight excluding hydrogens is 364 g/mol. The predicted molar refractivity (Wildman–Crippen MR) is 115 cm³/mol. The van der Waals surface area contributed by atoms with Crippen LogP contribution in [-0.2, 0) is 0 Å². The molecule has 3 rings (SSSR count). The van der Waals surface area contributed by atoms with Crippen LogP contribution < -0.4 is 10.2 Å². The Hall–Kier alpha value is -3.54. The number of rotatable bonds is 6. The Balaban J connectivity index is 1.91. The van der Waals surface area contributed by atoms with Gasteiger partial charge in [-0.25, -0.2) is 9.97 Å². The molecule has 1 aromatic heterocycles. The zero-order valence-electron chi connectivity index (χ0n) is 17.1. The van der Waals surface area contributed by atoms with Gasteiger partial charge in [0.25, 0.3) is 5.91 Å². The lowest BCUT2D eigenvalue weighted by Crippen LogP contribution is -2.21. The van der Waals surface area contributed by atoms with Crippen LogP contribution >= 0.6 is 0 Å². The summed E-state index contributed by atoms with van der Waals surface area (Å²) in [5.74, 6) is 0.764. The first-order valence-corrected chi connectivity index (χ1v) is 9.49. The van der Waals surface area contributed by atoms with E-state index in [1.54, 1.807) is 37.3 Å². The van der Waals surface area contributed by atoms with Crippen LogP contribution in [-0.4, -0.2) is 28.2 Å². The van der Waals surface area contributed by atoms with Gasteiger partial charge in [0.1, 0.15) is 17.3 Å². The molecule has 0 radical (unpaired) electrons. The van der Waals surface area contributed by atoms with E-state index >= 15 is 0 Å². The van der Waals surface area contributed by atoms with E-state index in [1.165, 1.54) is 6.92 Å². The largest absolute Gasteiger partial charge is 0.327 e. The van der Waals surface area contributed by atoms with Gasteiger partial charge < -0.3 is 10.2 Å². The van der Waals surface area contributed by atoms with E-state index in [1.807, 2.05) is 36.9 Å². The first-order valence-electron chi connectivity index (χ1n) is 9.49. The molecule has 0 saturated heterocycles. The number of nitrogens with zero attached hydrogens (tertiary/aromatic N) is 3. The Morgan fingerprint density at radius 3 is 2.45 bits per heavy atom. The van der Waals surface area contributed by atoms with E-state index in [-0.39, 0.29) is 17.4 Å². The van der Waals surface area contributed by atoms with Crippen LogP contribution in [0.3, 0.4) is 0 Å². The Bertz CT molecular complexity index is 1060. The van der Waals surface area contributed by atoms with Gasteiger partial charge in [-0.1, -0.05) is 24.3 Å². The Labute approximate surface area is 170 Å². The van der Waals surface area contributed by atoms with Crippen LogP contribution in [0.25, 0.3) is 0 Å². The van der Waals surface area contributed by atoms with Crippen molar-refractivity contribution in [2.75, 3.05) is 16.8 Å². The van der Waals surface area contributed by atoms with Crippen LogP contribution in [0.2, 0.25) is 0 Å². The molecule has 1 N–H and O–H groups in total. The number of Topliss-reactive ketones (excluding diaryl/α,β-unsaturated/α-hetero) is 1. The first-order chi connectivity index (χ1) is 13.9. The van der Waals surface area contributed by atoms with Crippen molar-refractivity contribution in [1.82, 2.24) is 9.97 Å². The van der Waals surface area contributed by atoms with Crippen LogP contribution in [0.15, 0.2) is 54.6 Å². The number of anilines is 3. The van der Waals surface area contributed by atoms with E-state index in [2.05, 4.69) is 21.4 Å². The summed E-state index contributed by atoms with van der Waals surface area (Å²) < 4.78 is 0.